The van der Waals surface area contributed by atoms with Crippen LogP contribution in [-0.2, 0) is 0 Å². The summed E-state index contributed by atoms with van der Waals surface area (Å²) < 4.78 is 0. The molecule has 13 atom stereocenters. The first-order valence-corrected chi connectivity index (χ1v) is 14.1. The van der Waals surface area contributed by atoms with Crippen molar-refractivity contribution in [2.45, 2.75) is 112 Å². The third kappa shape index (κ3) is 3.30. The molecule has 3 heteroatoms. The first-order chi connectivity index (χ1) is 15.4. The van der Waals surface area contributed by atoms with Crippen LogP contribution in [0.2, 0.25) is 0 Å². The minimum Gasteiger partial charge on any atom is -0.393 e. The van der Waals surface area contributed by atoms with Gasteiger partial charge in [-0.3, -0.25) is 0 Å². The molecule has 5 rings (SSSR count). The third-order valence-electron chi connectivity index (χ3n) is 12.8. The van der Waals surface area contributed by atoms with Crippen molar-refractivity contribution in [2.75, 3.05) is 0 Å². The molecule has 0 bridgehead atoms. The van der Waals surface area contributed by atoms with Gasteiger partial charge in [0.1, 0.15) is 0 Å². The predicted octanol–water partition coefficient (Wildman–Crippen LogP) is 5.82. The van der Waals surface area contributed by atoms with E-state index in [1.54, 1.807) is 0 Å². The summed E-state index contributed by atoms with van der Waals surface area (Å²) in [6, 6.07) is 0. The highest BCUT2D eigenvalue weighted by Gasteiger charge is 2.66. The molecule has 13 unspecified atom stereocenters. The molecule has 3 N–H and O–H groups in total. The molecule has 33 heavy (non-hydrogen) atoms. The van der Waals surface area contributed by atoms with Crippen LogP contribution in [-0.4, -0.2) is 33.6 Å². The van der Waals surface area contributed by atoms with Gasteiger partial charge in [0.25, 0.3) is 0 Å². The molecule has 4 fully saturated rings. The van der Waals surface area contributed by atoms with Gasteiger partial charge >= 0.3 is 0 Å². The highest BCUT2D eigenvalue weighted by Crippen LogP contribution is 2.71. The van der Waals surface area contributed by atoms with Gasteiger partial charge in [0.15, 0.2) is 0 Å². The van der Waals surface area contributed by atoms with Crippen molar-refractivity contribution in [1.82, 2.24) is 0 Å². The SMILES string of the molecule is CC(C)C(C)C1(C)CC1C(C)C1CCC2C3CC=C4CC(O)CC(O)C4(C)C3C(O)CC12C. The second kappa shape index (κ2) is 7.81. The van der Waals surface area contributed by atoms with Crippen molar-refractivity contribution in [3.05, 3.63) is 11.6 Å². The van der Waals surface area contributed by atoms with E-state index < -0.39 is 12.2 Å². The summed E-state index contributed by atoms with van der Waals surface area (Å²) >= 11 is 0. The zero-order valence-electron chi connectivity index (χ0n) is 22.2. The summed E-state index contributed by atoms with van der Waals surface area (Å²) in [7, 11) is 0. The molecule has 0 heterocycles. The molecule has 3 nitrogen and oxygen atoms in total. The quantitative estimate of drug-likeness (QED) is 0.465. The fourth-order valence-corrected chi connectivity index (χ4v) is 10.5. The number of aliphatic hydroxyl groups is 3. The average Bonchev–Trinajstić information content (AvgIpc) is 3.30. The molecule has 0 aliphatic heterocycles. The van der Waals surface area contributed by atoms with E-state index in [1.165, 1.54) is 24.8 Å². The van der Waals surface area contributed by atoms with E-state index in [1.807, 2.05) is 0 Å². The fraction of sp³-hybridized carbons (Fsp3) is 0.933. The van der Waals surface area contributed by atoms with Crippen LogP contribution in [0.3, 0.4) is 0 Å². The Morgan fingerprint density at radius 1 is 0.939 bits per heavy atom. The van der Waals surface area contributed by atoms with Gasteiger partial charge in [-0.2, -0.15) is 0 Å². The minimum atomic E-state index is -0.555. The second-order valence-corrected chi connectivity index (χ2v) is 14.3. The first kappa shape index (κ1) is 24.3. The summed E-state index contributed by atoms with van der Waals surface area (Å²) in [5, 5.41) is 33.2. The van der Waals surface area contributed by atoms with Crippen LogP contribution in [0.5, 0.6) is 0 Å². The first-order valence-electron chi connectivity index (χ1n) is 14.1. The predicted molar refractivity (Wildman–Crippen MR) is 133 cm³/mol. The number of hydrogen-bond acceptors (Lipinski definition) is 3. The number of fused-ring (bicyclic) bond motifs is 5. The lowest BCUT2D eigenvalue weighted by Gasteiger charge is -2.61. The smallest absolute Gasteiger partial charge is 0.0659 e. The van der Waals surface area contributed by atoms with Gasteiger partial charge < -0.3 is 15.3 Å². The van der Waals surface area contributed by atoms with E-state index in [0.29, 0.717) is 36.0 Å². The summed E-state index contributed by atoms with van der Waals surface area (Å²) in [4.78, 5) is 0. The van der Waals surface area contributed by atoms with Crippen molar-refractivity contribution < 1.29 is 15.3 Å². The Labute approximate surface area is 202 Å². The summed E-state index contributed by atoms with van der Waals surface area (Å²) in [5.41, 5.74) is 1.51. The average molecular weight is 459 g/mol. The topological polar surface area (TPSA) is 60.7 Å². The summed E-state index contributed by atoms with van der Waals surface area (Å²) in [6.07, 6.45) is 7.95. The van der Waals surface area contributed by atoms with Crippen LogP contribution in [0.25, 0.3) is 0 Å². The van der Waals surface area contributed by atoms with E-state index in [2.05, 4.69) is 54.5 Å². The van der Waals surface area contributed by atoms with E-state index in [0.717, 1.165) is 36.5 Å². The van der Waals surface area contributed by atoms with Crippen LogP contribution in [0.1, 0.15) is 93.4 Å². The number of hydrogen-bond donors (Lipinski definition) is 3. The molecule has 4 saturated carbocycles. The van der Waals surface area contributed by atoms with Crippen molar-refractivity contribution in [3.8, 4) is 0 Å². The van der Waals surface area contributed by atoms with Crippen LogP contribution >= 0.6 is 0 Å². The maximum atomic E-state index is 11.7. The molecule has 5 aliphatic carbocycles. The van der Waals surface area contributed by atoms with Crippen molar-refractivity contribution in [2.24, 2.45) is 63.6 Å². The lowest BCUT2D eigenvalue weighted by Crippen LogP contribution is -2.60. The van der Waals surface area contributed by atoms with Crippen LogP contribution in [0.15, 0.2) is 11.6 Å². The Morgan fingerprint density at radius 2 is 1.64 bits per heavy atom. The molecule has 0 aromatic carbocycles. The Kier molecular flexibility index (Phi) is 5.75. The Hall–Kier alpha value is -0.380. The monoisotopic (exact) mass is 458 g/mol. The van der Waals surface area contributed by atoms with E-state index in [9.17, 15) is 15.3 Å². The van der Waals surface area contributed by atoms with Gasteiger partial charge in [-0.25, -0.2) is 0 Å². The molecule has 0 aromatic rings. The number of allylic oxidation sites excluding steroid dienone is 1. The highest BCUT2D eigenvalue weighted by molar-refractivity contribution is 5.29. The second-order valence-electron chi connectivity index (χ2n) is 14.3. The van der Waals surface area contributed by atoms with Gasteiger partial charge in [-0.15, -0.1) is 0 Å². The zero-order valence-corrected chi connectivity index (χ0v) is 22.2. The number of rotatable bonds is 4. The Morgan fingerprint density at radius 3 is 2.30 bits per heavy atom. The largest absolute Gasteiger partial charge is 0.393 e. The lowest BCUT2D eigenvalue weighted by atomic mass is 9.45. The van der Waals surface area contributed by atoms with Crippen molar-refractivity contribution in [1.29, 1.82) is 0 Å². The normalized spacial score (nSPS) is 55.3. The van der Waals surface area contributed by atoms with Gasteiger partial charge in [-0.05, 0) is 96.7 Å². The van der Waals surface area contributed by atoms with Crippen LogP contribution < -0.4 is 0 Å². The molecule has 188 valence electrons. The molecule has 0 amide bonds. The zero-order chi connectivity index (χ0) is 24.1. The summed E-state index contributed by atoms with van der Waals surface area (Å²) in [5.74, 6) is 4.95. The Bertz CT molecular complexity index is 804. The molecule has 0 aromatic heterocycles. The van der Waals surface area contributed by atoms with Gasteiger partial charge in [0.05, 0.1) is 18.3 Å². The van der Waals surface area contributed by atoms with Crippen molar-refractivity contribution in [3.63, 3.8) is 0 Å². The molecular weight excluding hydrogens is 408 g/mol. The maximum absolute atomic E-state index is 11.7. The minimum absolute atomic E-state index is 0.124. The van der Waals surface area contributed by atoms with Gasteiger partial charge in [0, 0.05) is 11.8 Å². The van der Waals surface area contributed by atoms with E-state index in [-0.39, 0.29) is 22.9 Å². The van der Waals surface area contributed by atoms with Gasteiger partial charge in [-0.1, -0.05) is 60.1 Å². The number of aliphatic hydroxyl groups excluding tert-OH is 3. The molecule has 0 radical (unpaired) electrons. The molecule has 5 aliphatic rings. The molecular formula is C30H50O3. The van der Waals surface area contributed by atoms with Gasteiger partial charge in [0.2, 0.25) is 0 Å². The van der Waals surface area contributed by atoms with Crippen LogP contribution in [0, 0.1) is 63.6 Å². The van der Waals surface area contributed by atoms with E-state index in [4.69, 9.17) is 0 Å². The fourth-order valence-electron chi connectivity index (χ4n) is 10.5. The standard InChI is InChI=1S/C30H50O3/c1-16(2)18(4)28(5)14-24(28)17(3)22-10-11-23-21-9-8-19-12-20(31)13-26(33)30(19,7)27(21)25(32)15-29(22,23)6/h8,16-18,20-27,31-33H,9-15H2,1-7H3. The Balaban J connectivity index is 1.41. The lowest BCUT2D eigenvalue weighted by molar-refractivity contribution is -0.160. The van der Waals surface area contributed by atoms with E-state index >= 15 is 0 Å². The van der Waals surface area contributed by atoms with Crippen LogP contribution in [0.4, 0.5) is 0 Å². The highest BCUT2D eigenvalue weighted by atomic mass is 16.3. The maximum Gasteiger partial charge on any atom is 0.0659 e. The van der Waals surface area contributed by atoms with Crippen molar-refractivity contribution >= 4 is 0 Å². The third-order valence-corrected chi connectivity index (χ3v) is 12.8. The summed E-state index contributed by atoms with van der Waals surface area (Å²) in [6.45, 7) is 17.0. The molecule has 0 saturated heterocycles. The molecule has 0 spiro atoms.